The third-order valence-corrected chi connectivity index (χ3v) is 5.50. The van der Waals surface area contributed by atoms with Crippen LogP contribution in [0.25, 0.3) is 23.0 Å². The minimum atomic E-state index is -0.390. The fourth-order valence-corrected chi connectivity index (χ4v) is 3.86. The van der Waals surface area contributed by atoms with E-state index in [-0.39, 0.29) is 17.8 Å². The number of fused-ring (bicyclic) bond motifs is 3. The Morgan fingerprint density at radius 3 is 2.48 bits per heavy atom. The molecule has 0 N–H and O–H groups in total. The molecule has 1 aromatic carbocycles. The van der Waals surface area contributed by atoms with Gasteiger partial charge < -0.3 is 4.57 Å². The van der Waals surface area contributed by atoms with Gasteiger partial charge in [-0.05, 0) is 19.4 Å². The lowest BCUT2D eigenvalue weighted by Crippen LogP contribution is -2.39. The SMILES string of the molecule is Cc1c(C)n2c3c(=O)n(C/C=C/c4ccccc4)c(=O)n(C)c3nc2n1CCCl. The summed E-state index contributed by atoms with van der Waals surface area (Å²) in [6, 6.07) is 9.75. The van der Waals surface area contributed by atoms with E-state index in [0.717, 1.165) is 17.0 Å². The van der Waals surface area contributed by atoms with E-state index in [2.05, 4.69) is 4.98 Å². The molecule has 0 radical (unpaired) electrons. The minimum Gasteiger partial charge on any atom is -0.313 e. The van der Waals surface area contributed by atoms with E-state index in [0.29, 0.717) is 29.4 Å². The molecule has 0 spiro atoms. The summed E-state index contributed by atoms with van der Waals surface area (Å²) in [5.41, 5.74) is 2.97. The Kier molecular flexibility index (Phi) is 4.92. The molecule has 29 heavy (non-hydrogen) atoms. The number of benzene rings is 1. The number of alkyl halides is 1. The number of rotatable bonds is 5. The average Bonchev–Trinajstić information content (AvgIpc) is 3.22. The van der Waals surface area contributed by atoms with Gasteiger partial charge in [-0.2, -0.15) is 4.98 Å². The molecule has 7 nitrogen and oxygen atoms in total. The summed E-state index contributed by atoms with van der Waals surface area (Å²) in [5.74, 6) is 1.06. The Morgan fingerprint density at radius 1 is 1.07 bits per heavy atom. The first-order chi connectivity index (χ1) is 14.0. The van der Waals surface area contributed by atoms with Gasteiger partial charge in [-0.3, -0.25) is 18.3 Å². The maximum Gasteiger partial charge on any atom is 0.332 e. The van der Waals surface area contributed by atoms with Gasteiger partial charge in [-0.15, -0.1) is 11.6 Å². The number of allylic oxidation sites excluding steroid dienone is 1. The molecule has 3 aromatic heterocycles. The monoisotopic (exact) mass is 411 g/mol. The van der Waals surface area contributed by atoms with E-state index >= 15 is 0 Å². The van der Waals surface area contributed by atoms with Crippen LogP contribution in [0.3, 0.4) is 0 Å². The molecule has 8 heteroatoms. The number of hydrogen-bond acceptors (Lipinski definition) is 3. The third-order valence-electron chi connectivity index (χ3n) is 5.34. The van der Waals surface area contributed by atoms with Crippen molar-refractivity contribution in [2.75, 3.05) is 5.88 Å². The van der Waals surface area contributed by atoms with Gasteiger partial charge in [0.15, 0.2) is 11.2 Å². The van der Waals surface area contributed by atoms with Gasteiger partial charge in [0.2, 0.25) is 5.78 Å². The van der Waals surface area contributed by atoms with Gasteiger partial charge in [0.05, 0.1) is 0 Å². The molecule has 4 aromatic rings. The van der Waals surface area contributed by atoms with Crippen molar-refractivity contribution in [1.29, 1.82) is 0 Å². The molecular weight excluding hydrogens is 390 g/mol. The molecular formula is C21H22ClN5O2. The van der Waals surface area contributed by atoms with E-state index in [9.17, 15) is 9.59 Å². The van der Waals surface area contributed by atoms with Crippen molar-refractivity contribution in [3.63, 3.8) is 0 Å². The van der Waals surface area contributed by atoms with E-state index in [4.69, 9.17) is 11.6 Å². The summed E-state index contributed by atoms with van der Waals surface area (Å²) in [5, 5.41) is 0. The summed E-state index contributed by atoms with van der Waals surface area (Å²) in [4.78, 5) is 30.7. The number of halogens is 1. The lowest BCUT2D eigenvalue weighted by atomic mass is 10.2. The average molecular weight is 412 g/mol. The van der Waals surface area contributed by atoms with Crippen LogP contribution < -0.4 is 11.2 Å². The van der Waals surface area contributed by atoms with Crippen molar-refractivity contribution < 1.29 is 0 Å². The fourth-order valence-electron chi connectivity index (χ4n) is 3.69. The van der Waals surface area contributed by atoms with E-state index in [1.807, 2.05) is 65.3 Å². The van der Waals surface area contributed by atoms with Gasteiger partial charge >= 0.3 is 5.69 Å². The molecule has 3 heterocycles. The lowest BCUT2D eigenvalue weighted by molar-refractivity contribution is 0.667. The first-order valence-electron chi connectivity index (χ1n) is 9.41. The highest BCUT2D eigenvalue weighted by Crippen LogP contribution is 2.20. The fraction of sp³-hybridized carbons (Fsp3) is 0.286. The van der Waals surface area contributed by atoms with Gasteiger partial charge in [0.25, 0.3) is 5.56 Å². The zero-order valence-corrected chi connectivity index (χ0v) is 17.3. The van der Waals surface area contributed by atoms with E-state index < -0.39 is 0 Å². The van der Waals surface area contributed by atoms with Crippen molar-refractivity contribution in [2.45, 2.75) is 26.9 Å². The normalized spacial score (nSPS) is 12.0. The van der Waals surface area contributed by atoms with Crippen LogP contribution in [0.4, 0.5) is 0 Å². The maximum atomic E-state index is 13.3. The van der Waals surface area contributed by atoms with Crippen molar-refractivity contribution in [3.8, 4) is 0 Å². The van der Waals surface area contributed by atoms with Crippen LogP contribution >= 0.6 is 11.6 Å². The Morgan fingerprint density at radius 2 is 1.79 bits per heavy atom. The van der Waals surface area contributed by atoms with Crippen LogP contribution in [0, 0.1) is 13.8 Å². The highest BCUT2D eigenvalue weighted by Gasteiger charge is 2.22. The molecule has 0 saturated carbocycles. The molecule has 150 valence electrons. The van der Waals surface area contributed by atoms with Crippen LogP contribution in [0.1, 0.15) is 17.0 Å². The molecule has 0 aliphatic rings. The number of aromatic nitrogens is 5. The van der Waals surface area contributed by atoms with Crippen LogP contribution in [-0.4, -0.2) is 29.0 Å². The Hall–Kier alpha value is -3.06. The largest absolute Gasteiger partial charge is 0.332 e. The molecule has 0 amide bonds. The first-order valence-corrected chi connectivity index (χ1v) is 9.94. The summed E-state index contributed by atoms with van der Waals surface area (Å²) < 4.78 is 6.48. The second-order valence-electron chi connectivity index (χ2n) is 7.00. The van der Waals surface area contributed by atoms with Gasteiger partial charge in [-0.25, -0.2) is 4.79 Å². The van der Waals surface area contributed by atoms with Crippen molar-refractivity contribution in [2.24, 2.45) is 7.05 Å². The highest BCUT2D eigenvalue weighted by atomic mass is 35.5. The van der Waals surface area contributed by atoms with Crippen molar-refractivity contribution in [1.82, 2.24) is 23.1 Å². The standard InChI is InChI=1S/C21H22ClN5O2/c1-14-15(2)27-17-18(23-20(27)25(14)13-11-22)24(3)21(29)26(19(17)28)12-7-10-16-8-5-4-6-9-16/h4-10H,11-13H2,1-3H3/b10-7+. The van der Waals surface area contributed by atoms with Gasteiger partial charge in [-0.1, -0.05) is 42.5 Å². The summed E-state index contributed by atoms with van der Waals surface area (Å²) in [6.07, 6.45) is 3.72. The molecule has 4 rings (SSSR count). The lowest BCUT2D eigenvalue weighted by Gasteiger charge is -2.06. The molecule has 0 bridgehead atoms. The number of imidazole rings is 2. The second kappa shape index (κ2) is 7.40. The first kappa shape index (κ1) is 19.3. The van der Waals surface area contributed by atoms with Crippen LogP contribution in [0.15, 0.2) is 46.0 Å². The van der Waals surface area contributed by atoms with E-state index in [1.165, 1.54) is 9.13 Å². The van der Waals surface area contributed by atoms with E-state index in [1.54, 1.807) is 7.05 Å². The zero-order chi connectivity index (χ0) is 20.7. The molecule has 0 aliphatic carbocycles. The predicted molar refractivity (Wildman–Crippen MR) is 116 cm³/mol. The molecule has 0 fully saturated rings. The Balaban J connectivity index is 1.92. The van der Waals surface area contributed by atoms with Gasteiger partial charge in [0, 0.05) is 37.4 Å². The number of aryl methyl sites for hydroxylation is 3. The Bertz CT molecular complexity index is 1360. The van der Waals surface area contributed by atoms with Gasteiger partial charge in [0.1, 0.15) is 0 Å². The third kappa shape index (κ3) is 3.02. The molecule has 0 unspecified atom stereocenters. The summed E-state index contributed by atoms with van der Waals surface area (Å²) >= 11 is 5.95. The Labute approximate surface area is 172 Å². The minimum absolute atomic E-state index is 0.185. The van der Waals surface area contributed by atoms with Crippen LogP contribution in [-0.2, 0) is 20.1 Å². The van der Waals surface area contributed by atoms with Crippen LogP contribution in [0.5, 0.6) is 0 Å². The molecule has 0 aliphatic heterocycles. The maximum absolute atomic E-state index is 13.3. The quantitative estimate of drug-likeness (QED) is 0.474. The number of nitrogens with zero attached hydrogens (tertiary/aromatic N) is 5. The van der Waals surface area contributed by atoms with Crippen molar-refractivity contribution in [3.05, 3.63) is 74.2 Å². The topological polar surface area (TPSA) is 66.2 Å². The summed E-state index contributed by atoms with van der Waals surface area (Å²) in [7, 11) is 1.64. The smallest absolute Gasteiger partial charge is 0.313 e. The number of hydrogen-bond donors (Lipinski definition) is 0. The zero-order valence-electron chi connectivity index (χ0n) is 16.6. The van der Waals surface area contributed by atoms with Crippen LogP contribution in [0.2, 0.25) is 0 Å². The molecule has 0 saturated heterocycles. The molecule has 0 atom stereocenters. The summed E-state index contributed by atoms with van der Waals surface area (Å²) in [6.45, 7) is 4.68. The highest BCUT2D eigenvalue weighted by molar-refractivity contribution is 6.17. The second-order valence-corrected chi connectivity index (χ2v) is 7.38. The van der Waals surface area contributed by atoms with Crippen molar-refractivity contribution >= 4 is 34.6 Å². The predicted octanol–water partition coefficient (Wildman–Crippen LogP) is 2.72.